The third kappa shape index (κ3) is 4.06. The number of carbonyl (C=O) groups is 3. The number of anilines is 1. The van der Waals surface area contributed by atoms with Gasteiger partial charge in [-0.25, -0.2) is 8.78 Å². The van der Waals surface area contributed by atoms with Gasteiger partial charge in [0.05, 0.1) is 6.20 Å². The predicted molar refractivity (Wildman–Crippen MR) is 97.2 cm³/mol. The number of H-pyrrole nitrogens is 1. The summed E-state index contributed by atoms with van der Waals surface area (Å²) in [6, 6.07) is 1.88. The molecule has 0 saturated carbocycles. The van der Waals surface area contributed by atoms with Crippen molar-refractivity contribution < 1.29 is 23.2 Å². The Bertz CT molecular complexity index is 954. The molecule has 2 heterocycles. The number of amides is 3. The first-order valence-corrected chi connectivity index (χ1v) is 8.90. The SMILES string of the molecule is CC(C)SC1=NC(=O)C(C(=O)Nc2c(F)cc(-c3cn[nH]n3)cc2F)C(=O)N1. The lowest BCUT2D eigenvalue weighted by Gasteiger charge is -2.20. The van der Waals surface area contributed by atoms with Gasteiger partial charge in [0.1, 0.15) is 23.0 Å². The minimum absolute atomic E-state index is 0.0450. The second kappa shape index (κ2) is 7.84. The van der Waals surface area contributed by atoms with Gasteiger partial charge in [0.2, 0.25) is 11.8 Å². The number of aromatic amines is 1. The van der Waals surface area contributed by atoms with E-state index in [1.54, 1.807) is 0 Å². The van der Waals surface area contributed by atoms with Crippen LogP contribution in [-0.4, -0.2) is 43.5 Å². The van der Waals surface area contributed by atoms with Crippen molar-refractivity contribution in [2.45, 2.75) is 19.1 Å². The molecule has 1 aromatic heterocycles. The Morgan fingerprint density at radius 1 is 1.25 bits per heavy atom. The summed E-state index contributed by atoms with van der Waals surface area (Å²) in [5.74, 6) is -7.16. The molecule has 1 unspecified atom stereocenters. The van der Waals surface area contributed by atoms with Crippen LogP contribution >= 0.6 is 11.8 Å². The van der Waals surface area contributed by atoms with Crippen molar-refractivity contribution in [3.05, 3.63) is 30.0 Å². The number of thioether (sulfide) groups is 1. The predicted octanol–water partition coefficient (Wildman–Crippen LogP) is 1.46. The minimum Gasteiger partial charge on any atom is -0.320 e. The van der Waals surface area contributed by atoms with Crippen molar-refractivity contribution >= 4 is 40.3 Å². The van der Waals surface area contributed by atoms with Gasteiger partial charge in [0, 0.05) is 10.8 Å². The molecule has 0 fully saturated rings. The quantitative estimate of drug-likeness (QED) is 0.657. The Morgan fingerprint density at radius 2 is 1.93 bits per heavy atom. The average molecular weight is 408 g/mol. The average Bonchev–Trinajstić information content (AvgIpc) is 3.11. The summed E-state index contributed by atoms with van der Waals surface area (Å²) in [7, 11) is 0. The normalized spacial score (nSPS) is 16.8. The molecule has 3 amide bonds. The fourth-order valence-electron chi connectivity index (χ4n) is 2.37. The van der Waals surface area contributed by atoms with Gasteiger partial charge in [-0.05, 0) is 12.1 Å². The number of nitrogens with one attached hydrogen (secondary N) is 3. The number of amidine groups is 1. The van der Waals surface area contributed by atoms with Crippen LogP contribution in [0.15, 0.2) is 23.3 Å². The van der Waals surface area contributed by atoms with E-state index in [0.717, 1.165) is 23.9 Å². The number of hydrogen-bond acceptors (Lipinski definition) is 6. The molecular formula is C16H14F2N6O3S. The monoisotopic (exact) mass is 408 g/mol. The first-order valence-electron chi connectivity index (χ1n) is 8.02. The van der Waals surface area contributed by atoms with Crippen molar-refractivity contribution in [3.8, 4) is 11.3 Å². The zero-order valence-electron chi connectivity index (χ0n) is 14.6. The number of rotatable bonds is 4. The van der Waals surface area contributed by atoms with E-state index >= 15 is 0 Å². The summed E-state index contributed by atoms with van der Waals surface area (Å²) in [4.78, 5) is 40.2. The lowest BCUT2D eigenvalue weighted by atomic mass is 10.1. The fraction of sp³-hybridized carbons (Fsp3) is 0.250. The van der Waals surface area contributed by atoms with Crippen molar-refractivity contribution in [3.63, 3.8) is 0 Å². The smallest absolute Gasteiger partial charge is 0.270 e. The number of halogens is 2. The molecule has 0 saturated heterocycles. The molecule has 1 aromatic carbocycles. The number of benzene rings is 1. The topological polar surface area (TPSA) is 129 Å². The standard InChI is InChI=1S/C16H14F2N6O3S/c1-6(2)28-16-21-14(26)11(15(27)22-16)13(25)20-12-8(17)3-7(4-9(12)18)10-5-19-24-23-10/h3-6,11H,1-2H3,(H,20,25)(H,19,23,24)(H,21,22,26,27). The fourth-order valence-corrected chi connectivity index (χ4v) is 3.12. The Kier molecular flexibility index (Phi) is 5.49. The highest BCUT2D eigenvalue weighted by atomic mass is 32.2. The molecule has 3 rings (SSSR count). The van der Waals surface area contributed by atoms with Crippen molar-refractivity contribution in [2.24, 2.45) is 10.9 Å². The van der Waals surface area contributed by atoms with Crippen LogP contribution in [0.25, 0.3) is 11.3 Å². The molecule has 1 aliphatic rings. The molecule has 146 valence electrons. The summed E-state index contributed by atoms with van der Waals surface area (Å²) in [5, 5.41) is 14.0. The maximum Gasteiger partial charge on any atom is 0.270 e. The zero-order valence-corrected chi connectivity index (χ0v) is 15.4. The highest BCUT2D eigenvalue weighted by molar-refractivity contribution is 8.14. The number of carbonyl (C=O) groups excluding carboxylic acids is 3. The van der Waals surface area contributed by atoms with Gasteiger partial charge in [0.15, 0.2) is 11.1 Å². The lowest BCUT2D eigenvalue weighted by molar-refractivity contribution is -0.139. The van der Waals surface area contributed by atoms with Crippen LogP contribution in [0, 0.1) is 17.6 Å². The highest BCUT2D eigenvalue weighted by Crippen LogP contribution is 2.27. The second-order valence-corrected chi connectivity index (χ2v) is 7.57. The molecule has 0 spiro atoms. The first-order chi connectivity index (χ1) is 13.3. The maximum absolute atomic E-state index is 14.3. The summed E-state index contributed by atoms with van der Waals surface area (Å²) < 4.78 is 28.6. The zero-order chi connectivity index (χ0) is 20.4. The summed E-state index contributed by atoms with van der Waals surface area (Å²) in [6.45, 7) is 3.66. The maximum atomic E-state index is 14.3. The second-order valence-electron chi connectivity index (χ2n) is 6.00. The van der Waals surface area contributed by atoms with Crippen LogP contribution in [-0.2, 0) is 14.4 Å². The summed E-state index contributed by atoms with van der Waals surface area (Å²) >= 11 is 1.14. The van der Waals surface area contributed by atoms with Gasteiger partial charge in [-0.2, -0.15) is 20.4 Å². The van der Waals surface area contributed by atoms with Crippen molar-refractivity contribution in [1.82, 2.24) is 20.7 Å². The van der Waals surface area contributed by atoms with Gasteiger partial charge in [-0.15, -0.1) is 0 Å². The highest BCUT2D eigenvalue weighted by Gasteiger charge is 2.39. The molecule has 3 N–H and O–H groups in total. The lowest BCUT2D eigenvalue weighted by Crippen LogP contribution is -2.48. The Morgan fingerprint density at radius 3 is 2.46 bits per heavy atom. The third-order valence-electron chi connectivity index (χ3n) is 3.56. The molecule has 1 aliphatic heterocycles. The van der Waals surface area contributed by atoms with Gasteiger partial charge >= 0.3 is 0 Å². The molecule has 2 aromatic rings. The number of aromatic nitrogens is 3. The molecule has 0 bridgehead atoms. The van der Waals surface area contributed by atoms with Crippen molar-refractivity contribution in [2.75, 3.05) is 5.32 Å². The Labute approximate surface area is 161 Å². The largest absolute Gasteiger partial charge is 0.320 e. The van der Waals surface area contributed by atoms with Crippen LogP contribution in [0.3, 0.4) is 0 Å². The third-order valence-corrected chi connectivity index (χ3v) is 4.45. The van der Waals surface area contributed by atoms with Crippen LogP contribution in [0.2, 0.25) is 0 Å². The molecule has 1 atom stereocenters. The van der Waals surface area contributed by atoms with Crippen LogP contribution in [0.1, 0.15) is 13.8 Å². The number of hydrogen-bond donors (Lipinski definition) is 3. The minimum atomic E-state index is -1.84. The number of nitrogens with zero attached hydrogens (tertiary/aromatic N) is 3. The molecular weight excluding hydrogens is 394 g/mol. The van der Waals surface area contributed by atoms with Crippen LogP contribution in [0.5, 0.6) is 0 Å². The van der Waals surface area contributed by atoms with E-state index in [1.807, 2.05) is 19.2 Å². The molecule has 12 heteroatoms. The van der Waals surface area contributed by atoms with E-state index in [9.17, 15) is 23.2 Å². The van der Waals surface area contributed by atoms with Gasteiger partial charge < -0.3 is 10.6 Å². The molecule has 0 radical (unpaired) electrons. The van der Waals surface area contributed by atoms with E-state index in [1.165, 1.54) is 6.20 Å². The van der Waals surface area contributed by atoms with Gasteiger partial charge in [0.25, 0.3) is 5.91 Å². The van der Waals surface area contributed by atoms with E-state index in [0.29, 0.717) is 0 Å². The molecule has 28 heavy (non-hydrogen) atoms. The van der Waals surface area contributed by atoms with E-state index in [2.05, 4.69) is 25.7 Å². The van der Waals surface area contributed by atoms with Crippen LogP contribution in [0.4, 0.5) is 14.5 Å². The van der Waals surface area contributed by atoms with Crippen LogP contribution < -0.4 is 10.6 Å². The summed E-state index contributed by atoms with van der Waals surface area (Å²) in [6.07, 6.45) is 1.27. The molecule has 9 nitrogen and oxygen atoms in total. The number of aliphatic imine (C=N–C) groups is 1. The van der Waals surface area contributed by atoms with E-state index in [-0.39, 0.29) is 21.7 Å². The van der Waals surface area contributed by atoms with E-state index < -0.39 is 41.0 Å². The van der Waals surface area contributed by atoms with Gasteiger partial charge in [-0.3, -0.25) is 14.4 Å². The molecule has 0 aliphatic carbocycles. The summed E-state index contributed by atoms with van der Waals surface area (Å²) in [5.41, 5.74) is -0.501. The van der Waals surface area contributed by atoms with E-state index in [4.69, 9.17) is 0 Å². The van der Waals surface area contributed by atoms with Crippen molar-refractivity contribution in [1.29, 1.82) is 0 Å². The first kappa shape index (κ1) is 19.6. The van der Waals surface area contributed by atoms with Gasteiger partial charge in [-0.1, -0.05) is 25.6 Å². The Balaban J connectivity index is 1.81. The Hall–Kier alpha value is -3.15.